The first-order chi connectivity index (χ1) is 9.41. The highest BCUT2D eigenvalue weighted by molar-refractivity contribution is 6.34. The lowest BCUT2D eigenvalue weighted by Crippen LogP contribution is -2.15. The number of hydrogen-bond acceptors (Lipinski definition) is 3. The lowest BCUT2D eigenvalue weighted by molar-refractivity contribution is 0.0698. The molecular formula is C13H12ClN3O3. The van der Waals surface area contributed by atoms with Gasteiger partial charge in [-0.3, -0.25) is 9.48 Å². The number of nitrogens with zero attached hydrogens (tertiary/aromatic N) is 2. The van der Waals surface area contributed by atoms with Gasteiger partial charge in [0.05, 0.1) is 22.5 Å². The zero-order valence-electron chi connectivity index (χ0n) is 10.8. The molecule has 20 heavy (non-hydrogen) atoms. The molecule has 0 aliphatic rings. The third-order valence-electron chi connectivity index (χ3n) is 2.96. The lowest BCUT2D eigenvalue weighted by Gasteiger charge is -2.09. The van der Waals surface area contributed by atoms with Crippen LogP contribution in [0.5, 0.6) is 0 Å². The molecule has 0 saturated heterocycles. The van der Waals surface area contributed by atoms with Crippen molar-refractivity contribution >= 4 is 29.2 Å². The first-order valence-electron chi connectivity index (χ1n) is 5.73. The summed E-state index contributed by atoms with van der Waals surface area (Å²) in [5.74, 6) is -1.63. The summed E-state index contributed by atoms with van der Waals surface area (Å²) in [4.78, 5) is 23.3. The van der Waals surface area contributed by atoms with E-state index in [1.165, 1.54) is 18.3 Å². The van der Waals surface area contributed by atoms with Crippen LogP contribution in [0.15, 0.2) is 24.4 Å². The van der Waals surface area contributed by atoms with Crippen LogP contribution in [-0.2, 0) is 7.05 Å². The highest BCUT2D eigenvalue weighted by Gasteiger charge is 2.18. The number of halogens is 1. The van der Waals surface area contributed by atoms with Crippen LogP contribution >= 0.6 is 11.6 Å². The highest BCUT2D eigenvalue weighted by atomic mass is 35.5. The van der Waals surface area contributed by atoms with Gasteiger partial charge in [0.1, 0.15) is 5.56 Å². The van der Waals surface area contributed by atoms with E-state index in [1.54, 1.807) is 24.7 Å². The Morgan fingerprint density at radius 3 is 2.65 bits per heavy atom. The Kier molecular flexibility index (Phi) is 3.76. The van der Waals surface area contributed by atoms with Crippen molar-refractivity contribution in [3.05, 3.63) is 46.2 Å². The Balaban J connectivity index is 2.36. The van der Waals surface area contributed by atoms with Crippen molar-refractivity contribution in [2.45, 2.75) is 6.92 Å². The molecule has 7 heteroatoms. The molecule has 0 unspecified atom stereocenters. The van der Waals surface area contributed by atoms with Crippen LogP contribution in [0.4, 0.5) is 5.69 Å². The molecule has 0 spiro atoms. The number of carboxylic acid groups (broad SMARTS) is 1. The van der Waals surface area contributed by atoms with Gasteiger partial charge in [0.25, 0.3) is 5.91 Å². The van der Waals surface area contributed by atoms with Gasteiger partial charge in [0.15, 0.2) is 0 Å². The van der Waals surface area contributed by atoms with E-state index in [0.717, 1.165) is 0 Å². The second-order valence-electron chi connectivity index (χ2n) is 4.19. The molecule has 0 fully saturated rings. The predicted molar refractivity (Wildman–Crippen MR) is 74.3 cm³/mol. The van der Waals surface area contributed by atoms with E-state index in [2.05, 4.69) is 10.4 Å². The molecule has 2 rings (SSSR count). The number of rotatable bonds is 3. The molecule has 6 nitrogen and oxygen atoms in total. The van der Waals surface area contributed by atoms with Crippen LogP contribution in [0.25, 0.3) is 0 Å². The van der Waals surface area contributed by atoms with E-state index >= 15 is 0 Å². The van der Waals surface area contributed by atoms with Crippen molar-refractivity contribution in [1.29, 1.82) is 0 Å². The van der Waals surface area contributed by atoms with Crippen LogP contribution in [0.3, 0.4) is 0 Å². The van der Waals surface area contributed by atoms with Gasteiger partial charge in [-0.2, -0.15) is 5.10 Å². The molecule has 0 aliphatic carbocycles. The summed E-state index contributed by atoms with van der Waals surface area (Å²) < 4.78 is 1.56. The summed E-state index contributed by atoms with van der Waals surface area (Å²) in [6.45, 7) is 1.75. The third-order valence-corrected chi connectivity index (χ3v) is 3.27. The van der Waals surface area contributed by atoms with Crippen LogP contribution < -0.4 is 5.32 Å². The number of carbonyl (C=O) groups is 2. The zero-order chi connectivity index (χ0) is 14.9. The molecule has 0 radical (unpaired) electrons. The lowest BCUT2D eigenvalue weighted by atomic mass is 10.1. The van der Waals surface area contributed by atoms with Gasteiger partial charge < -0.3 is 10.4 Å². The second kappa shape index (κ2) is 5.34. The molecule has 2 N–H and O–H groups in total. The number of carbonyl (C=O) groups excluding carboxylic acids is 1. The van der Waals surface area contributed by atoms with Crippen molar-refractivity contribution in [2.24, 2.45) is 7.05 Å². The third kappa shape index (κ3) is 2.50. The van der Waals surface area contributed by atoms with Gasteiger partial charge in [-0.15, -0.1) is 0 Å². The molecule has 0 aliphatic heterocycles. The van der Waals surface area contributed by atoms with E-state index in [9.17, 15) is 9.59 Å². The second-order valence-corrected chi connectivity index (χ2v) is 4.60. The fourth-order valence-corrected chi connectivity index (χ4v) is 2.01. The monoisotopic (exact) mass is 293 g/mol. The highest BCUT2D eigenvalue weighted by Crippen LogP contribution is 2.25. The van der Waals surface area contributed by atoms with E-state index in [-0.39, 0.29) is 16.3 Å². The van der Waals surface area contributed by atoms with Gasteiger partial charge in [-0.25, -0.2) is 4.79 Å². The maximum atomic E-state index is 12.1. The Labute approximate surface area is 120 Å². The number of aromatic carboxylic acids is 1. The maximum absolute atomic E-state index is 12.1. The molecule has 1 aromatic heterocycles. The minimum absolute atomic E-state index is 0.0678. The van der Waals surface area contributed by atoms with Crippen molar-refractivity contribution in [2.75, 3.05) is 5.32 Å². The number of hydrogen-bond donors (Lipinski definition) is 2. The fourth-order valence-electron chi connectivity index (χ4n) is 1.76. The number of benzene rings is 1. The topological polar surface area (TPSA) is 84.2 Å². The summed E-state index contributed by atoms with van der Waals surface area (Å²) in [5, 5.41) is 15.7. The van der Waals surface area contributed by atoms with Crippen LogP contribution in [-0.4, -0.2) is 26.8 Å². The minimum atomic E-state index is -1.20. The summed E-state index contributed by atoms with van der Waals surface area (Å²) >= 11 is 5.84. The van der Waals surface area contributed by atoms with Crippen molar-refractivity contribution < 1.29 is 14.7 Å². The molecule has 1 heterocycles. The molecule has 0 atom stereocenters. The zero-order valence-corrected chi connectivity index (χ0v) is 11.6. The van der Waals surface area contributed by atoms with Gasteiger partial charge >= 0.3 is 5.97 Å². The van der Waals surface area contributed by atoms with Crippen molar-refractivity contribution in [3.8, 4) is 0 Å². The van der Waals surface area contributed by atoms with Crippen molar-refractivity contribution in [1.82, 2.24) is 9.78 Å². The fraction of sp³-hybridized carbons (Fsp3) is 0.154. The smallest absolute Gasteiger partial charge is 0.339 e. The average Bonchev–Trinajstić information content (AvgIpc) is 2.69. The molecule has 1 amide bonds. The van der Waals surface area contributed by atoms with Crippen LogP contribution in [0.1, 0.15) is 26.4 Å². The number of nitrogens with one attached hydrogen (secondary N) is 1. The first-order valence-corrected chi connectivity index (χ1v) is 6.11. The van der Waals surface area contributed by atoms with E-state index in [0.29, 0.717) is 11.3 Å². The van der Waals surface area contributed by atoms with E-state index in [4.69, 9.17) is 16.7 Å². The molecule has 0 bridgehead atoms. The number of aryl methyl sites for hydroxylation is 1. The number of aromatic nitrogens is 2. The molecule has 1 aromatic carbocycles. The quantitative estimate of drug-likeness (QED) is 0.909. The molecule has 104 valence electrons. The molecule has 2 aromatic rings. The summed E-state index contributed by atoms with van der Waals surface area (Å²) in [6.07, 6.45) is 1.43. The summed E-state index contributed by atoms with van der Waals surface area (Å²) in [5.41, 5.74) is 1.08. The Morgan fingerprint density at radius 2 is 2.10 bits per heavy atom. The van der Waals surface area contributed by atoms with Crippen LogP contribution in [0.2, 0.25) is 5.02 Å². The molecular weight excluding hydrogens is 282 g/mol. The van der Waals surface area contributed by atoms with Crippen LogP contribution in [0, 0.1) is 6.92 Å². The Morgan fingerprint density at radius 1 is 1.40 bits per heavy atom. The SMILES string of the molecule is Cc1c(C(=O)Nc2cccc(Cl)c2C(=O)O)cnn1C. The Bertz CT molecular complexity index is 694. The van der Waals surface area contributed by atoms with Gasteiger partial charge in [0.2, 0.25) is 0 Å². The maximum Gasteiger partial charge on any atom is 0.339 e. The predicted octanol–water partition coefficient (Wildman–Crippen LogP) is 2.33. The van der Waals surface area contributed by atoms with Gasteiger partial charge in [-0.05, 0) is 19.1 Å². The summed E-state index contributed by atoms with van der Waals surface area (Å²) in [7, 11) is 1.72. The largest absolute Gasteiger partial charge is 0.478 e. The summed E-state index contributed by atoms with van der Waals surface area (Å²) in [6, 6.07) is 4.51. The number of carboxylic acids is 1. The van der Waals surface area contributed by atoms with Gasteiger partial charge in [-0.1, -0.05) is 17.7 Å². The Hall–Kier alpha value is -2.34. The van der Waals surface area contributed by atoms with E-state index in [1.807, 2.05) is 0 Å². The minimum Gasteiger partial charge on any atom is -0.478 e. The normalized spacial score (nSPS) is 10.3. The average molecular weight is 294 g/mol. The standard InChI is InChI=1S/C13H12ClN3O3/c1-7-8(6-15-17(7)2)12(18)16-10-5-3-4-9(14)11(10)13(19)20/h3-6H,1-2H3,(H,16,18)(H,19,20). The number of amides is 1. The number of anilines is 1. The van der Waals surface area contributed by atoms with Gasteiger partial charge in [0, 0.05) is 12.7 Å². The molecule has 0 saturated carbocycles. The van der Waals surface area contributed by atoms with Crippen molar-refractivity contribution in [3.63, 3.8) is 0 Å². The van der Waals surface area contributed by atoms with E-state index < -0.39 is 11.9 Å². The first kappa shape index (κ1) is 14.1.